The van der Waals surface area contributed by atoms with Crippen molar-refractivity contribution in [3.8, 4) is 5.75 Å². The second kappa shape index (κ2) is 10.0. The van der Waals surface area contributed by atoms with Crippen LogP contribution in [0.2, 0.25) is 0 Å². The Balaban J connectivity index is 1.94. The molecule has 0 heterocycles. The van der Waals surface area contributed by atoms with Crippen molar-refractivity contribution in [3.63, 3.8) is 0 Å². The van der Waals surface area contributed by atoms with Crippen LogP contribution in [0.4, 0.5) is 17.1 Å². The van der Waals surface area contributed by atoms with Crippen molar-refractivity contribution < 1.29 is 28.8 Å². The van der Waals surface area contributed by atoms with E-state index in [2.05, 4.69) is 10.6 Å². The highest BCUT2D eigenvalue weighted by atomic mass is 16.6. The first kappa shape index (κ1) is 22.3. The summed E-state index contributed by atoms with van der Waals surface area (Å²) < 4.78 is 10.2. The predicted octanol–water partition coefficient (Wildman–Crippen LogP) is 2.67. The van der Waals surface area contributed by atoms with E-state index in [1.54, 1.807) is 24.3 Å². The molecule has 2 amide bonds. The summed E-state index contributed by atoms with van der Waals surface area (Å²) in [6, 6.07) is 10.4. The Bertz CT molecular complexity index is 957. The first-order valence-electron chi connectivity index (χ1n) is 8.89. The van der Waals surface area contributed by atoms with Gasteiger partial charge in [0.25, 0.3) is 11.6 Å². The van der Waals surface area contributed by atoms with Crippen molar-refractivity contribution in [2.75, 3.05) is 17.7 Å². The molecular weight excluding hydrogens is 394 g/mol. The third-order valence-electron chi connectivity index (χ3n) is 3.95. The number of methoxy groups -OCH3 is 1. The number of ether oxygens (including phenoxy) is 2. The van der Waals surface area contributed by atoms with Gasteiger partial charge in [0.1, 0.15) is 5.75 Å². The fourth-order valence-corrected chi connectivity index (χ4v) is 2.50. The molecule has 0 fully saturated rings. The number of amides is 2. The van der Waals surface area contributed by atoms with Gasteiger partial charge in [0.05, 0.1) is 30.2 Å². The van der Waals surface area contributed by atoms with Gasteiger partial charge in [-0.25, -0.2) is 0 Å². The van der Waals surface area contributed by atoms with Crippen LogP contribution in [0.15, 0.2) is 42.5 Å². The summed E-state index contributed by atoms with van der Waals surface area (Å²) in [5.74, 6) is -1.32. The number of hydrogen-bond donors (Lipinski definition) is 2. The summed E-state index contributed by atoms with van der Waals surface area (Å²) in [5, 5.41) is 16.0. The first-order chi connectivity index (χ1) is 14.2. The van der Waals surface area contributed by atoms with Gasteiger partial charge in [-0.2, -0.15) is 0 Å². The van der Waals surface area contributed by atoms with Gasteiger partial charge in [-0.15, -0.1) is 0 Å². The summed E-state index contributed by atoms with van der Waals surface area (Å²) in [6.07, 6.45) is -1.16. The number of hydrogen-bond acceptors (Lipinski definition) is 7. The van der Waals surface area contributed by atoms with E-state index in [9.17, 15) is 24.5 Å². The molecule has 0 unspecified atom stereocenters. The largest absolute Gasteiger partial charge is 0.494 e. The van der Waals surface area contributed by atoms with Crippen LogP contribution < -0.4 is 15.4 Å². The summed E-state index contributed by atoms with van der Waals surface area (Å²) in [6.45, 7) is 2.80. The standard InChI is InChI=1S/C20H21N3O7/c1-12(20(26)22-17-9-8-16(23(27)28)11-18(17)29-3)30-19(25)10-14-4-6-15(7-5-14)21-13(2)24/h4-9,11-12H,10H2,1-3H3,(H,21,24)(H,22,26)/t12-/m1/s1. The Kier molecular flexibility index (Phi) is 7.45. The van der Waals surface area contributed by atoms with Gasteiger partial charge in [0.15, 0.2) is 6.10 Å². The molecule has 0 saturated carbocycles. The molecule has 10 nitrogen and oxygen atoms in total. The van der Waals surface area contributed by atoms with Crippen LogP contribution in [-0.2, 0) is 25.5 Å². The van der Waals surface area contributed by atoms with E-state index in [0.717, 1.165) is 0 Å². The monoisotopic (exact) mass is 415 g/mol. The molecule has 158 valence electrons. The highest BCUT2D eigenvalue weighted by molar-refractivity contribution is 5.96. The Hall–Kier alpha value is -3.95. The van der Waals surface area contributed by atoms with E-state index in [-0.39, 0.29) is 29.5 Å². The maximum absolute atomic E-state index is 12.3. The number of non-ortho nitro benzene ring substituents is 1. The van der Waals surface area contributed by atoms with E-state index >= 15 is 0 Å². The van der Waals surface area contributed by atoms with E-state index in [1.807, 2.05) is 0 Å². The molecule has 10 heteroatoms. The average molecular weight is 415 g/mol. The summed E-state index contributed by atoms with van der Waals surface area (Å²) >= 11 is 0. The quantitative estimate of drug-likeness (QED) is 0.384. The molecule has 0 spiro atoms. The molecule has 2 aromatic carbocycles. The molecule has 0 aromatic heterocycles. The molecule has 2 rings (SSSR count). The number of anilines is 2. The maximum atomic E-state index is 12.3. The minimum atomic E-state index is -1.10. The Labute approximate surface area is 172 Å². The second-order valence-corrected chi connectivity index (χ2v) is 6.32. The molecule has 2 N–H and O–H groups in total. The third kappa shape index (κ3) is 6.30. The Morgan fingerprint density at radius 1 is 1.10 bits per heavy atom. The molecule has 2 aromatic rings. The van der Waals surface area contributed by atoms with Crippen LogP contribution in [0.1, 0.15) is 19.4 Å². The smallest absolute Gasteiger partial charge is 0.311 e. The minimum absolute atomic E-state index is 0.0567. The van der Waals surface area contributed by atoms with E-state index in [0.29, 0.717) is 11.3 Å². The van der Waals surface area contributed by atoms with Crippen molar-refractivity contribution in [2.24, 2.45) is 0 Å². The van der Waals surface area contributed by atoms with Gasteiger partial charge in [-0.05, 0) is 30.7 Å². The second-order valence-electron chi connectivity index (χ2n) is 6.32. The predicted molar refractivity (Wildman–Crippen MR) is 108 cm³/mol. The van der Waals surface area contributed by atoms with Crippen LogP contribution in [0.5, 0.6) is 5.75 Å². The number of nitro groups is 1. The molecule has 0 aliphatic carbocycles. The van der Waals surface area contributed by atoms with E-state index in [1.165, 1.54) is 39.2 Å². The van der Waals surface area contributed by atoms with Gasteiger partial charge in [-0.3, -0.25) is 24.5 Å². The maximum Gasteiger partial charge on any atom is 0.311 e. The van der Waals surface area contributed by atoms with E-state index in [4.69, 9.17) is 9.47 Å². The molecule has 1 atom stereocenters. The lowest BCUT2D eigenvalue weighted by Crippen LogP contribution is -2.30. The number of esters is 1. The van der Waals surface area contributed by atoms with Crippen LogP contribution >= 0.6 is 0 Å². The number of rotatable bonds is 8. The topological polar surface area (TPSA) is 137 Å². The summed E-state index contributed by atoms with van der Waals surface area (Å²) in [7, 11) is 1.31. The zero-order chi connectivity index (χ0) is 22.3. The Morgan fingerprint density at radius 2 is 1.77 bits per heavy atom. The van der Waals surface area contributed by atoms with Gasteiger partial charge in [-0.1, -0.05) is 12.1 Å². The van der Waals surface area contributed by atoms with Gasteiger partial charge < -0.3 is 20.1 Å². The number of nitrogens with one attached hydrogen (secondary N) is 2. The van der Waals surface area contributed by atoms with Crippen LogP contribution in [-0.4, -0.2) is 35.9 Å². The van der Waals surface area contributed by atoms with Crippen molar-refractivity contribution >= 4 is 34.8 Å². The first-order valence-corrected chi connectivity index (χ1v) is 8.89. The van der Waals surface area contributed by atoms with E-state index < -0.39 is 22.9 Å². The van der Waals surface area contributed by atoms with Crippen molar-refractivity contribution in [3.05, 3.63) is 58.1 Å². The molecular formula is C20H21N3O7. The van der Waals surface area contributed by atoms with Gasteiger partial charge in [0.2, 0.25) is 5.91 Å². The molecule has 0 radical (unpaired) electrons. The van der Waals surface area contributed by atoms with Crippen molar-refractivity contribution in [1.29, 1.82) is 0 Å². The number of carbonyl (C=O) groups excluding carboxylic acids is 3. The fraction of sp³-hybridized carbons (Fsp3) is 0.250. The number of benzene rings is 2. The zero-order valence-electron chi connectivity index (χ0n) is 16.6. The molecule has 30 heavy (non-hydrogen) atoms. The van der Waals surface area contributed by atoms with Crippen molar-refractivity contribution in [1.82, 2.24) is 0 Å². The van der Waals surface area contributed by atoms with Crippen LogP contribution in [0.25, 0.3) is 0 Å². The lowest BCUT2D eigenvalue weighted by molar-refractivity contribution is -0.384. The lowest BCUT2D eigenvalue weighted by Gasteiger charge is -2.15. The molecule has 0 aliphatic rings. The van der Waals surface area contributed by atoms with Crippen molar-refractivity contribution in [2.45, 2.75) is 26.4 Å². The normalized spacial score (nSPS) is 11.2. The lowest BCUT2D eigenvalue weighted by atomic mass is 10.1. The van der Waals surface area contributed by atoms with Crippen LogP contribution in [0, 0.1) is 10.1 Å². The molecule has 0 saturated heterocycles. The number of nitro benzene ring substituents is 1. The number of nitrogens with zero attached hydrogens (tertiary/aromatic N) is 1. The van der Waals surface area contributed by atoms with Gasteiger partial charge >= 0.3 is 5.97 Å². The Morgan fingerprint density at radius 3 is 2.33 bits per heavy atom. The van der Waals surface area contributed by atoms with Gasteiger partial charge in [0, 0.05) is 18.7 Å². The summed E-state index contributed by atoms with van der Waals surface area (Å²) in [5.41, 5.74) is 1.28. The highest BCUT2D eigenvalue weighted by Crippen LogP contribution is 2.29. The SMILES string of the molecule is COc1cc([N+](=O)[O-])ccc1NC(=O)[C@@H](C)OC(=O)Cc1ccc(NC(C)=O)cc1. The minimum Gasteiger partial charge on any atom is -0.494 e. The van der Waals surface area contributed by atoms with Crippen LogP contribution in [0.3, 0.4) is 0 Å². The molecule has 0 aliphatic heterocycles. The highest BCUT2D eigenvalue weighted by Gasteiger charge is 2.20. The average Bonchev–Trinajstić information content (AvgIpc) is 2.69. The number of carbonyl (C=O) groups is 3. The third-order valence-corrected chi connectivity index (χ3v) is 3.95. The fourth-order valence-electron chi connectivity index (χ4n) is 2.50. The summed E-state index contributed by atoms with van der Waals surface area (Å²) in [4.78, 5) is 45.7. The zero-order valence-corrected chi connectivity index (χ0v) is 16.6. The molecule has 0 bridgehead atoms.